The monoisotopic (exact) mass is 507 g/mol. The second-order valence-electron chi connectivity index (χ2n) is 7.69. The third-order valence-electron chi connectivity index (χ3n) is 5.39. The second kappa shape index (κ2) is 8.68. The van der Waals surface area contributed by atoms with Crippen molar-refractivity contribution < 1.29 is 18.6 Å². The van der Waals surface area contributed by atoms with Gasteiger partial charge in [0.05, 0.1) is 4.34 Å². The van der Waals surface area contributed by atoms with Gasteiger partial charge < -0.3 is 10.2 Å². The first-order valence-corrected chi connectivity index (χ1v) is 12.9. The highest BCUT2D eigenvalue weighted by Gasteiger charge is 2.18. The van der Waals surface area contributed by atoms with E-state index < -0.39 is 10.0 Å². The standard InChI is InChI=1S/C26H18ClNO4S2/c27-24-11-12-25(33-24)34(31,32)28-20-5-1-4-19(14-20)26-22-9-7-17(13-18(22)8-10-23(26)30)16-3-2-6-21(29)15-16/h1-15,28-30H. The maximum absolute atomic E-state index is 12.7. The van der Waals surface area contributed by atoms with E-state index >= 15 is 0 Å². The summed E-state index contributed by atoms with van der Waals surface area (Å²) in [6.07, 6.45) is 0. The van der Waals surface area contributed by atoms with E-state index in [0.29, 0.717) is 21.2 Å². The zero-order valence-corrected chi connectivity index (χ0v) is 20.0. The minimum Gasteiger partial charge on any atom is -0.508 e. The number of halogens is 1. The van der Waals surface area contributed by atoms with Crippen LogP contribution in [0.25, 0.3) is 33.0 Å². The predicted octanol–water partition coefficient (Wildman–Crippen LogP) is 7.10. The van der Waals surface area contributed by atoms with E-state index in [9.17, 15) is 18.6 Å². The molecule has 0 atom stereocenters. The molecule has 4 aromatic carbocycles. The molecule has 34 heavy (non-hydrogen) atoms. The van der Waals surface area contributed by atoms with Crippen LogP contribution < -0.4 is 4.72 Å². The van der Waals surface area contributed by atoms with Crippen molar-refractivity contribution in [2.75, 3.05) is 4.72 Å². The van der Waals surface area contributed by atoms with Gasteiger partial charge in [-0.3, -0.25) is 4.72 Å². The Morgan fingerprint density at radius 3 is 2.29 bits per heavy atom. The number of anilines is 1. The molecule has 8 heteroatoms. The summed E-state index contributed by atoms with van der Waals surface area (Å²) in [5, 5.41) is 22.2. The Morgan fingerprint density at radius 2 is 1.53 bits per heavy atom. The normalized spacial score (nSPS) is 11.6. The van der Waals surface area contributed by atoms with Crippen molar-refractivity contribution in [3.63, 3.8) is 0 Å². The highest BCUT2D eigenvalue weighted by Crippen LogP contribution is 2.39. The molecule has 0 aliphatic heterocycles. The van der Waals surface area contributed by atoms with E-state index in [4.69, 9.17) is 11.6 Å². The molecule has 3 N–H and O–H groups in total. The van der Waals surface area contributed by atoms with E-state index in [2.05, 4.69) is 4.72 Å². The molecule has 0 fully saturated rings. The third-order valence-corrected chi connectivity index (χ3v) is 8.50. The van der Waals surface area contributed by atoms with Crippen LogP contribution in [0.3, 0.4) is 0 Å². The summed E-state index contributed by atoms with van der Waals surface area (Å²) in [6, 6.07) is 26.2. The second-order valence-corrected chi connectivity index (χ2v) is 11.3. The van der Waals surface area contributed by atoms with Crippen LogP contribution in [0.1, 0.15) is 0 Å². The number of hydrogen-bond donors (Lipinski definition) is 3. The van der Waals surface area contributed by atoms with Gasteiger partial charge in [-0.05, 0) is 76.0 Å². The van der Waals surface area contributed by atoms with E-state index in [1.807, 2.05) is 36.4 Å². The quantitative estimate of drug-likeness (QED) is 0.237. The zero-order valence-electron chi connectivity index (χ0n) is 17.6. The summed E-state index contributed by atoms with van der Waals surface area (Å²) >= 11 is 6.87. The number of phenolic OH excluding ortho intramolecular Hbond substituents is 2. The highest BCUT2D eigenvalue weighted by atomic mass is 35.5. The molecule has 0 saturated heterocycles. The average molecular weight is 508 g/mol. The minimum absolute atomic E-state index is 0.0858. The van der Waals surface area contributed by atoms with Crippen LogP contribution in [0.2, 0.25) is 4.34 Å². The molecule has 0 aliphatic carbocycles. The number of benzene rings is 4. The molecule has 0 bridgehead atoms. The van der Waals surface area contributed by atoms with Crippen LogP contribution in [0.15, 0.2) is 95.2 Å². The Hall–Kier alpha value is -3.52. The first-order chi connectivity index (χ1) is 16.3. The summed E-state index contributed by atoms with van der Waals surface area (Å²) in [5.74, 6) is 0.274. The zero-order chi connectivity index (χ0) is 23.9. The van der Waals surface area contributed by atoms with Gasteiger partial charge in [0.15, 0.2) is 0 Å². The van der Waals surface area contributed by atoms with Crippen LogP contribution in [0, 0.1) is 0 Å². The van der Waals surface area contributed by atoms with Crippen molar-refractivity contribution in [3.05, 3.63) is 95.3 Å². The van der Waals surface area contributed by atoms with Crippen LogP contribution >= 0.6 is 22.9 Å². The molecule has 0 amide bonds. The highest BCUT2D eigenvalue weighted by molar-refractivity contribution is 7.94. The van der Waals surface area contributed by atoms with Crippen molar-refractivity contribution in [2.45, 2.75) is 4.21 Å². The Bertz CT molecular complexity index is 1640. The first kappa shape index (κ1) is 22.3. The van der Waals surface area contributed by atoms with Gasteiger partial charge in [-0.2, -0.15) is 0 Å². The molecule has 0 saturated carbocycles. The molecule has 1 aromatic heterocycles. The summed E-state index contributed by atoms with van der Waals surface area (Å²) in [6.45, 7) is 0. The number of fused-ring (bicyclic) bond motifs is 1. The van der Waals surface area contributed by atoms with Crippen LogP contribution in [-0.2, 0) is 10.0 Å². The molecule has 5 nitrogen and oxygen atoms in total. The Morgan fingerprint density at radius 1 is 0.765 bits per heavy atom. The summed E-state index contributed by atoms with van der Waals surface area (Å²) < 4.78 is 28.5. The fraction of sp³-hybridized carbons (Fsp3) is 0. The number of aromatic hydroxyl groups is 2. The smallest absolute Gasteiger partial charge is 0.271 e. The maximum Gasteiger partial charge on any atom is 0.271 e. The molecule has 0 radical (unpaired) electrons. The van der Waals surface area contributed by atoms with Gasteiger partial charge >= 0.3 is 0 Å². The first-order valence-electron chi connectivity index (χ1n) is 10.2. The SMILES string of the molecule is O=S(=O)(Nc1cccc(-c2c(O)ccc3cc(-c4cccc(O)c4)ccc23)c1)c1ccc(Cl)s1. The van der Waals surface area contributed by atoms with E-state index in [1.165, 1.54) is 12.1 Å². The topological polar surface area (TPSA) is 86.6 Å². The lowest BCUT2D eigenvalue weighted by Gasteiger charge is -2.13. The molecular formula is C26H18ClNO4S2. The fourth-order valence-electron chi connectivity index (χ4n) is 3.87. The average Bonchev–Trinajstić information content (AvgIpc) is 3.26. The van der Waals surface area contributed by atoms with Crippen molar-refractivity contribution in [2.24, 2.45) is 0 Å². The molecule has 0 aliphatic rings. The van der Waals surface area contributed by atoms with Gasteiger partial charge in [-0.1, -0.05) is 54.1 Å². The number of hydrogen-bond acceptors (Lipinski definition) is 5. The van der Waals surface area contributed by atoms with Crippen LogP contribution in [-0.4, -0.2) is 18.6 Å². The Labute approximate surface area is 205 Å². The molecular weight excluding hydrogens is 490 g/mol. The van der Waals surface area contributed by atoms with Gasteiger partial charge in [0.25, 0.3) is 10.0 Å². The van der Waals surface area contributed by atoms with Gasteiger partial charge in [-0.15, -0.1) is 11.3 Å². The molecule has 5 aromatic rings. The van der Waals surface area contributed by atoms with Crippen molar-refractivity contribution in [3.8, 4) is 33.8 Å². The van der Waals surface area contributed by atoms with Crippen LogP contribution in [0.4, 0.5) is 5.69 Å². The molecule has 1 heterocycles. The van der Waals surface area contributed by atoms with Gasteiger partial charge in [-0.25, -0.2) is 8.42 Å². The van der Waals surface area contributed by atoms with Crippen molar-refractivity contribution >= 4 is 49.4 Å². The summed E-state index contributed by atoms with van der Waals surface area (Å²) in [4.78, 5) is 0. The number of sulfonamides is 1. The minimum atomic E-state index is -3.78. The largest absolute Gasteiger partial charge is 0.508 e. The lowest BCUT2D eigenvalue weighted by Crippen LogP contribution is -2.11. The van der Waals surface area contributed by atoms with E-state index in [0.717, 1.165) is 33.2 Å². The third kappa shape index (κ3) is 4.33. The number of rotatable bonds is 5. The number of nitrogens with one attached hydrogen (secondary N) is 1. The van der Waals surface area contributed by atoms with E-state index in [-0.39, 0.29) is 15.7 Å². The van der Waals surface area contributed by atoms with Crippen molar-refractivity contribution in [1.82, 2.24) is 0 Å². The predicted molar refractivity (Wildman–Crippen MR) is 138 cm³/mol. The molecule has 5 rings (SSSR count). The van der Waals surface area contributed by atoms with Gasteiger partial charge in [0.2, 0.25) is 0 Å². The number of phenols is 2. The van der Waals surface area contributed by atoms with Crippen molar-refractivity contribution in [1.29, 1.82) is 0 Å². The summed E-state index contributed by atoms with van der Waals surface area (Å²) in [5.41, 5.74) is 3.44. The number of thiophene rings is 1. The van der Waals surface area contributed by atoms with E-state index in [1.54, 1.807) is 42.5 Å². The fourth-order valence-corrected chi connectivity index (χ4v) is 6.40. The molecule has 0 spiro atoms. The maximum atomic E-state index is 12.7. The van der Waals surface area contributed by atoms with Gasteiger partial charge in [0.1, 0.15) is 15.7 Å². The summed E-state index contributed by atoms with van der Waals surface area (Å²) in [7, 11) is -3.78. The Kier molecular flexibility index (Phi) is 5.69. The lowest BCUT2D eigenvalue weighted by molar-refractivity contribution is 0.475. The van der Waals surface area contributed by atoms with Gasteiger partial charge in [0, 0.05) is 11.3 Å². The Balaban J connectivity index is 1.56. The van der Waals surface area contributed by atoms with Crippen LogP contribution in [0.5, 0.6) is 11.5 Å². The molecule has 0 unspecified atom stereocenters. The molecule has 170 valence electrons. The lowest BCUT2D eigenvalue weighted by atomic mass is 9.94.